The van der Waals surface area contributed by atoms with Gasteiger partial charge in [0.05, 0.1) is 12.6 Å². The van der Waals surface area contributed by atoms with Gasteiger partial charge in [0.2, 0.25) is 23.6 Å². The van der Waals surface area contributed by atoms with E-state index in [-0.39, 0.29) is 25.0 Å². The maximum absolute atomic E-state index is 12.7. The SMILES string of the molecule is NC(=O)CCC(N)C(=O)NC(CO)C(=O)NC(CS)C(=O)NC(Cc1c[nH]c2ccccc12)C(=O)O. The Kier molecular flexibility index (Phi) is 10.7. The fourth-order valence-electron chi connectivity index (χ4n) is 3.36. The number of aliphatic hydroxyl groups is 1. The summed E-state index contributed by atoms with van der Waals surface area (Å²) in [5, 5.41) is 26.9. The molecule has 0 spiro atoms. The molecule has 4 amide bonds. The third-order valence-electron chi connectivity index (χ3n) is 5.38. The molecule has 0 aliphatic heterocycles. The highest BCUT2D eigenvalue weighted by Crippen LogP contribution is 2.19. The zero-order valence-corrected chi connectivity index (χ0v) is 20.2. The first kappa shape index (κ1) is 28.6. The van der Waals surface area contributed by atoms with E-state index in [1.54, 1.807) is 6.20 Å². The number of carbonyl (C=O) groups excluding carboxylic acids is 4. The van der Waals surface area contributed by atoms with Gasteiger partial charge in [0.25, 0.3) is 0 Å². The quantitative estimate of drug-likeness (QED) is 0.123. The monoisotopic (exact) mass is 522 g/mol. The number of aliphatic carboxylic acids is 1. The molecule has 2 rings (SSSR count). The Morgan fingerprint density at radius 1 is 0.972 bits per heavy atom. The first-order valence-corrected chi connectivity index (χ1v) is 11.6. The van der Waals surface area contributed by atoms with Crippen LogP contribution in [0.5, 0.6) is 0 Å². The van der Waals surface area contributed by atoms with Crippen LogP contribution in [-0.2, 0) is 30.4 Å². The first-order chi connectivity index (χ1) is 17.1. The lowest BCUT2D eigenvalue weighted by molar-refractivity contribution is -0.142. The molecule has 2 aromatic rings. The number of hydrogen-bond acceptors (Lipinski definition) is 8. The molecule has 1 heterocycles. The number of nitrogens with two attached hydrogens (primary N) is 2. The minimum atomic E-state index is -1.45. The molecule has 13 nitrogen and oxygen atoms in total. The molecule has 0 aliphatic rings. The summed E-state index contributed by atoms with van der Waals surface area (Å²) < 4.78 is 0. The Labute approximate surface area is 211 Å². The molecular formula is C22H30N6O7S. The molecule has 10 N–H and O–H groups in total. The Balaban J connectivity index is 2.01. The van der Waals surface area contributed by atoms with Crippen LogP contribution in [-0.4, -0.2) is 81.3 Å². The van der Waals surface area contributed by atoms with Gasteiger partial charge in [-0.3, -0.25) is 19.2 Å². The number of aromatic nitrogens is 1. The molecule has 0 aliphatic carbocycles. The van der Waals surface area contributed by atoms with Gasteiger partial charge in [-0.25, -0.2) is 4.79 Å². The minimum Gasteiger partial charge on any atom is -0.480 e. The molecule has 0 bridgehead atoms. The lowest BCUT2D eigenvalue weighted by Crippen LogP contribution is -2.58. The minimum absolute atomic E-state index is 0.0170. The van der Waals surface area contributed by atoms with Gasteiger partial charge >= 0.3 is 5.97 Å². The van der Waals surface area contributed by atoms with E-state index in [1.807, 2.05) is 24.3 Å². The molecule has 14 heteroatoms. The normalized spacial score (nSPS) is 14.3. The number of H-pyrrole nitrogens is 1. The molecule has 0 radical (unpaired) electrons. The van der Waals surface area contributed by atoms with Crippen molar-refractivity contribution in [3.8, 4) is 0 Å². The van der Waals surface area contributed by atoms with Gasteiger partial charge in [-0.15, -0.1) is 0 Å². The molecule has 4 atom stereocenters. The first-order valence-electron chi connectivity index (χ1n) is 11.0. The Bertz CT molecular complexity index is 1110. The second-order valence-corrected chi connectivity index (χ2v) is 8.43. The van der Waals surface area contributed by atoms with Gasteiger partial charge in [-0.05, 0) is 18.1 Å². The number of hydrogen-bond donors (Lipinski definition) is 9. The van der Waals surface area contributed by atoms with E-state index in [0.717, 1.165) is 10.9 Å². The fourth-order valence-corrected chi connectivity index (χ4v) is 3.62. The van der Waals surface area contributed by atoms with Crippen LogP contribution in [0.3, 0.4) is 0 Å². The van der Waals surface area contributed by atoms with Crippen LogP contribution in [0.1, 0.15) is 18.4 Å². The predicted octanol–water partition coefficient (Wildman–Crippen LogP) is -2.24. The summed E-state index contributed by atoms with van der Waals surface area (Å²) in [6.45, 7) is -0.806. The molecule has 0 saturated carbocycles. The van der Waals surface area contributed by atoms with Crippen molar-refractivity contribution < 1.29 is 34.2 Å². The van der Waals surface area contributed by atoms with Crippen LogP contribution in [0.4, 0.5) is 0 Å². The lowest BCUT2D eigenvalue weighted by Gasteiger charge is -2.23. The molecule has 4 unspecified atom stereocenters. The number of carboxylic acids is 1. The lowest BCUT2D eigenvalue weighted by atomic mass is 10.0. The highest BCUT2D eigenvalue weighted by atomic mass is 32.1. The Morgan fingerprint density at radius 2 is 1.58 bits per heavy atom. The molecule has 196 valence electrons. The van der Waals surface area contributed by atoms with E-state index in [2.05, 4.69) is 33.6 Å². The van der Waals surface area contributed by atoms with Gasteiger partial charge in [-0.1, -0.05) is 18.2 Å². The maximum atomic E-state index is 12.7. The molecule has 0 fully saturated rings. The van der Waals surface area contributed by atoms with Crippen LogP contribution >= 0.6 is 12.6 Å². The number of aliphatic hydroxyl groups excluding tert-OH is 1. The van der Waals surface area contributed by atoms with Crippen molar-refractivity contribution in [3.05, 3.63) is 36.0 Å². The number of fused-ring (bicyclic) bond motifs is 1. The number of amides is 4. The van der Waals surface area contributed by atoms with E-state index < -0.39 is 60.4 Å². The summed E-state index contributed by atoms with van der Waals surface area (Å²) in [4.78, 5) is 63.1. The average Bonchev–Trinajstić information content (AvgIpc) is 3.26. The van der Waals surface area contributed by atoms with Crippen molar-refractivity contribution in [2.45, 2.75) is 43.4 Å². The van der Waals surface area contributed by atoms with E-state index in [4.69, 9.17) is 11.5 Å². The van der Waals surface area contributed by atoms with Gasteiger partial charge < -0.3 is 42.6 Å². The van der Waals surface area contributed by atoms with Crippen LogP contribution in [0.25, 0.3) is 10.9 Å². The number of carbonyl (C=O) groups is 5. The number of benzene rings is 1. The number of nitrogens with one attached hydrogen (secondary N) is 4. The van der Waals surface area contributed by atoms with Crippen LogP contribution in [0.15, 0.2) is 30.5 Å². The number of thiol groups is 1. The van der Waals surface area contributed by atoms with Crippen LogP contribution < -0.4 is 27.4 Å². The summed E-state index contributed by atoms with van der Waals surface area (Å²) in [5.41, 5.74) is 12.2. The van der Waals surface area contributed by atoms with Crippen molar-refractivity contribution >= 4 is 53.1 Å². The van der Waals surface area contributed by atoms with Crippen molar-refractivity contribution in [3.63, 3.8) is 0 Å². The fraction of sp³-hybridized carbons (Fsp3) is 0.409. The number of para-hydroxylation sites is 1. The zero-order valence-electron chi connectivity index (χ0n) is 19.3. The average molecular weight is 523 g/mol. The number of aromatic amines is 1. The standard InChI is InChI=1S/C22H30N6O7S/c23-13(5-6-18(24)30)19(31)27-16(9-29)20(32)28-17(10-36)21(33)26-15(22(34)35)7-11-8-25-14-4-2-1-3-12(11)14/h1-4,8,13,15-17,25,29,36H,5-7,9-10,23H2,(H2,24,30)(H,26,33)(H,27,31)(H,28,32)(H,34,35). The number of primary amides is 1. The van der Waals surface area contributed by atoms with E-state index in [9.17, 15) is 34.2 Å². The maximum Gasteiger partial charge on any atom is 0.326 e. The van der Waals surface area contributed by atoms with Crippen molar-refractivity contribution in [1.82, 2.24) is 20.9 Å². The van der Waals surface area contributed by atoms with E-state index in [1.165, 1.54) is 0 Å². The number of carboxylic acid groups (broad SMARTS) is 1. The van der Waals surface area contributed by atoms with Crippen LogP contribution in [0, 0.1) is 0 Å². The largest absolute Gasteiger partial charge is 0.480 e. The predicted molar refractivity (Wildman–Crippen MR) is 133 cm³/mol. The van der Waals surface area contributed by atoms with Gasteiger partial charge in [0.15, 0.2) is 0 Å². The van der Waals surface area contributed by atoms with Gasteiger partial charge in [-0.2, -0.15) is 12.6 Å². The third kappa shape index (κ3) is 7.96. The Hall–Kier alpha value is -3.62. The molecule has 1 aromatic carbocycles. The molecule has 36 heavy (non-hydrogen) atoms. The second-order valence-electron chi connectivity index (χ2n) is 8.06. The highest BCUT2D eigenvalue weighted by Gasteiger charge is 2.30. The van der Waals surface area contributed by atoms with Crippen molar-refractivity contribution in [2.75, 3.05) is 12.4 Å². The summed E-state index contributed by atoms with van der Waals surface area (Å²) in [6.07, 6.45) is 1.44. The van der Waals surface area contributed by atoms with E-state index >= 15 is 0 Å². The van der Waals surface area contributed by atoms with Crippen molar-refractivity contribution in [2.24, 2.45) is 11.5 Å². The van der Waals surface area contributed by atoms with Crippen LogP contribution in [0.2, 0.25) is 0 Å². The topological polar surface area (TPSA) is 230 Å². The summed E-state index contributed by atoms with van der Waals surface area (Å²) >= 11 is 4.05. The van der Waals surface area contributed by atoms with Gasteiger partial charge in [0.1, 0.15) is 18.1 Å². The third-order valence-corrected chi connectivity index (χ3v) is 5.75. The Morgan fingerprint density at radius 3 is 2.19 bits per heavy atom. The summed E-state index contributed by atoms with van der Waals surface area (Å²) in [5.74, 6) is -4.65. The highest BCUT2D eigenvalue weighted by molar-refractivity contribution is 7.80. The smallest absolute Gasteiger partial charge is 0.326 e. The molecule has 0 saturated heterocycles. The molecule has 1 aromatic heterocycles. The zero-order chi connectivity index (χ0) is 26.8. The van der Waals surface area contributed by atoms with Gasteiger partial charge in [0, 0.05) is 35.7 Å². The summed E-state index contributed by atoms with van der Waals surface area (Å²) in [7, 11) is 0. The second kappa shape index (κ2) is 13.5. The molecular weight excluding hydrogens is 492 g/mol. The van der Waals surface area contributed by atoms with E-state index in [0.29, 0.717) is 5.56 Å². The van der Waals surface area contributed by atoms with Crippen molar-refractivity contribution in [1.29, 1.82) is 0 Å². The summed E-state index contributed by atoms with van der Waals surface area (Å²) in [6, 6.07) is 2.13. The number of rotatable bonds is 14.